The van der Waals surface area contributed by atoms with Crippen molar-refractivity contribution in [2.45, 2.75) is 6.92 Å². The Morgan fingerprint density at radius 3 is 2.70 bits per heavy atom. The molecule has 0 aliphatic heterocycles. The summed E-state index contributed by atoms with van der Waals surface area (Å²) in [5, 5.41) is 12.5. The molecule has 3 aromatic rings. The first-order valence-corrected chi connectivity index (χ1v) is 7.58. The van der Waals surface area contributed by atoms with E-state index in [0.29, 0.717) is 15.4 Å². The third-order valence-electron chi connectivity index (χ3n) is 3.34. The van der Waals surface area contributed by atoms with Gasteiger partial charge in [0.25, 0.3) is 5.91 Å². The number of aromatic nitrogens is 1. The fourth-order valence-corrected chi connectivity index (χ4v) is 3.25. The van der Waals surface area contributed by atoms with E-state index >= 15 is 0 Å². The molecule has 0 saturated carbocycles. The quantitative estimate of drug-likeness (QED) is 0.685. The number of nitrogen functional groups attached to an aromatic ring is 1. The number of para-hydroxylation sites is 1. The Balaban J connectivity index is 1.99. The summed E-state index contributed by atoms with van der Waals surface area (Å²) in [6.45, 7) is 1.86. The second kappa shape index (κ2) is 5.69. The van der Waals surface area contributed by atoms with Gasteiger partial charge in [-0.05, 0) is 31.2 Å². The molecule has 4 N–H and O–H groups in total. The summed E-state index contributed by atoms with van der Waals surface area (Å²) < 4.78 is 0. The van der Waals surface area contributed by atoms with E-state index in [9.17, 15) is 9.59 Å². The number of aromatic carboxylic acids is 1. The maximum absolute atomic E-state index is 12.5. The Labute approximate surface area is 135 Å². The van der Waals surface area contributed by atoms with Crippen LogP contribution in [0, 0.1) is 6.92 Å². The van der Waals surface area contributed by atoms with Gasteiger partial charge in [-0.2, -0.15) is 0 Å². The normalized spacial score (nSPS) is 10.7. The monoisotopic (exact) mass is 327 g/mol. The molecule has 7 heteroatoms. The van der Waals surface area contributed by atoms with Crippen LogP contribution in [0.25, 0.3) is 10.2 Å². The van der Waals surface area contributed by atoms with Crippen molar-refractivity contribution in [2.24, 2.45) is 0 Å². The van der Waals surface area contributed by atoms with Crippen molar-refractivity contribution in [1.29, 1.82) is 0 Å². The summed E-state index contributed by atoms with van der Waals surface area (Å²) in [5.74, 6) is -1.56. The van der Waals surface area contributed by atoms with Crippen LogP contribution in [0.3, 0.4) is 0 Å². The van der Waals surface area contributed by atoms with Crippen LogP contribution in [0.2, 0.25) is 0 Å². The van der Waals surface area contributed by atoms with E-state index in [-0.39, 0.29) is 11.3 Å². The number of benzene rings is 1. The van der Waals surface area contributed by atoms with Crippen molar-refractivity contribution in [3.63, 3.8) is 0 Å². The highest BCUT2D eigenvalue weighted by Gasteiger charge is 2.19. The Kier molecular flexibility index (Phi) is 3.71. The standard InChI is InChI=1S/C16H13N3O3S/c1-8-6-7-10-12(17)13(23-15(10)18-8)14(20)19-11-5-3-2-4-9(11)16(21)22/h2-7H,17H2,1H3,(H,19,20)(H,21,22). The lowest BCUT2D eigenvalue weighted by Crippen LogP contribution is -2.14. The first kappa shape index (κ1) is 15.0. The molecule has 0 radical (unpaired) electrons. The molecule has 2 aromatic heterocycles. The van der Waals surface area contributed by atoms with Crippen LogP contribution in [-0.2, 0) is 0 Å². The minimum atomic E-state index is -1.11. The molecular formula is C16H13N3O3S. The zero-order valence-corrected chi connectivity index (χ0v) is 13.0. The molecule has 0 spiro atoms. The topological polar surface area (TPSA) is 105 Å². The summed E-state index contributed by atoms with van der Waals surface area (Å²) in [5.41, 5.74) is 7.47. The predicted octanol–water partition coefficient (Wildman–Crippen LogP) is 3.14. The molecule has 1 amide bonds. The Morgan fingerprint density at radius 2 is 1.96 bits per heavy atom. The van der Waals surface area contributed by atoms with Crippen molar-refractivity contribution in [3.8, 4) is 0 Å². The van der Waals surface area contributed by atoms with E-state index < -0.39 is 11.9 Å². The van der Waals surface area contributed by atoms with E-state index in [1.54, 1.807) is 12.1 Å². The molecule has 3 rings (SSSR count). The number of rotatable bonds is 3. The fraction of sp³-hybridized carbons (Fsp3) is 0.0625. The van der Waals surface area contributed by atoms with E-state index in [1.807, 2.05) is 19.1 Å². The number of carbonyl (C=O) groups is 2. The molecule has 0 fully saturated rings. The molecule has 0 bridgehead atoms. The molecule has 1 aromatic carbocycles. The average Bonchev–Trinajstić information content (AvgIpc) is 2.84. The smallest absolute Gasteiger partial charge is 0.337 e. The van der Waals surface area contributed by atoms with Gasteiger partial charge >= 0.3 is 5.97 Å². The lowest BCUT2D eigenvalue weighted by molar-refractivity contribution is 0.0698. The van der Waals surface area contributed by atoms with Gasteiger partial charge in [-0.25, -0.2) is 9.78 Å². The number of aryl methyl sites for hydroxylation is 1. The van der Waals surface area contributed by atoms with Gasteiger partial charge in [0.1, 0.15) is 9.71 Å². The number of thiophene rings is 1. The van der Waals surface area contributed by atoms with Gasteiger partial charge in [0.15, 0.2) is 0 Å². The van der Waals surface area contributed by atoms with Crippen LogP contribution >= 0.6 is 11.3 Å². The number of amides is 1. The summed E-state index contributed by atoms with van der Waals surface area (Å²) in [7, 11) is 0. The molecule has 6 nitrogen and oxygen atoms in total. The van der Waals surface area contributed by atoms with Gasteiger partial charge in [-0.1, -0.05) is 12.1 Å². The number of anilines is 2. The molecule has 0 atom stereocenters. The minimum absolute atomic E-state index is 0.0227. The summed E-state index contributed by atoms with van der Waals surface area (Å²) >= 11 is 1.18. The molecule has 23 heavy (non-hydrogen) atoms. The predicted molar refractivity (Wildman–Crippen MR) is 90.1 cm³/mol. The lowest BCUT2D eigenvalue weighted by atomic mass is 10.1. The van der Waals surface area contributed by atoms with Crippen LogP contribution in [0.4, 0.5) is 11.4 Å². The van der Waals surface area contributed by atoms with Crippen LogP contribution in [-0.4, -0.2) is 22.0 Å². The zero-order chi connectivity index (χ0) is 16.6. The second-order valence-corrected chi connectivity index (χ2v) is 5.95. The maximum Gasteiger partial charge on any atom is 0.337 e. The highest BCUT2D eigenvalue weighted by Crippen LogP contribution is 2.33. The minimum Gasteiger partial charge on any atom is -0.478 e. The number of carbonyl (C=O) groups excluding carboxylic acids is 1. The van der Waals surface area contributed by atoms with Gasteiger partial charge in [0.2, 0.25) is 0 Å². The SMILES string of the molecule is Cc1ccc2c(N)c(C(=O)Nc3ccccc3C(=O)O)sc2n1. The van der Waals surface area contributed by atoms with E-state index in [1.165, 1.54) is 23.5 Å². The molecule has 116 valence electrons. The molecule has 0 aliphatic carbocycles. The summed E-state index contributed by atoms with van der Waals surface area (Å²) in [6, 6.07) is 9.86. The number of pyridine rings is 1. The number of nitrogens with two attached hydrogens (primary N) is 1. The van der Waals surface area contributed by atoms with Crippen molar-refractivity contribution < 1.29 is 14.7 Å². The van der Waals surface area contributed by atoms with Crippen LogP contribution in [0.5, 0.6) is 0 Å². The zero-order valence-electron chi connectivity index (χ0n) is 12.2. The number of fused-ring (bicyclic) bond motifs is 1. The van der Waals surface area contributed by atoms with Crippen LogP contribution in [0.15, 0.2) is 36.4 Å². The van der Waals surface area contributed by atoms with Crippen molar-refractivity contribution in [1.82, 2.24) is 4.98 Å². The number of nitrogens with one attached hydrogen (secondary N) is 1. The third kappa shape index (κ3) is 2.74. The Hall–Kier alpha value is -2.93. The number of hydrogen-bond donors (Lipinski definition) is 3. The molecular weight excluding hydrogens is 314 g/mol. The largest absolute Gasteiger partial charge is 0.478 e. The van der Waals surface area contributed by atoms with Crippen LogP contribution < -0.4 is 11.1 Å². The van der Waals surface area contributed by atoms with Gasteiger partial charge < -0.3 is 16.2 Å². The van der Waals surface area contributed by atoms with Gasteiger partial charge in [-0.15, -0.1) is 11.3 Å². The summed E-state index contributed by atoms with van der Waals surface area (Å²) in [4.78, 5) is 29.0. The Bertz CT molecular complexity index is 933. The number of carboxylic acid groups (broad SMARTS) is 1. The van der Waals surface area contributed by atoms with Crippen molar-refractivity contribution >= 4 is 44.8 Å². The molecule has 2 heterocycles. The molecule has 0 saturated heterocycles. The third-order valence-corrected chi connectivity index (χ3v) is 4.46. The number of nitrogens with zero attached hydrogens (tertiary/aromatic N) is 1. The molecule has 0 unspecified atom stereocenters. The molecule has 0 aliphatic rings. The van der Waals surface area contributed by atoms with Gasteiger partial charge in [0.05, 0.1) is 16.9 Å². The van der Waals surface area contributed by atoms with E-state index in [4.69, 9.17) is 10.8 Å². The number of hydrogen-bond acceptors (Lipinski definition) is 5. The maximum atomic E-state index is 12.5. The van der Waals surface area contributed by atoms with E-state index in [2.05, 4.69) is 10.3 Å². The van der Waals surface area contributed by atoms with Gasteiger partial charge in [0, 0.05) is 11.1 Å². The average molecular weight is 327 g/mol. The van der Waals surface area contributed by atoms with E-state index in [0.717, 1.165) is 11.1 Å². The lowest BCUT2D eigenvalue weighted by Gasteiger charge is -2.07. The highest BCUT2D eigenvalue weighted by molar-refractivity contribution is 7.21. The number of carboxylic acids is 1. The van der Waals surface area contributed by atoms with Crippen molar-refractivity contribution in [2.75, 3.05) is 11.1 Å². The first-order chi connectivity index (χ1) is 11.0. The fourth-order valence-electron chi connectivity index (χ4n) is 2.22. The second-order valence-electron chi connectivity index (χ2n) is 4.96. The first-order valence-electron chi connectivity index (χ1n) is 6.76. The van der Waals surface area contributed by atoms with Crippen LogP contribution in [0.1, 0.15) is 25.7 Å². The summed E-state index contributed by atoms with van der Waals surface area (Å²) in [6.07, 6.45) is 0. The Morgan fingerprint density at radius 1 is 1.22 bits per heavy atom. The van der Waals surface area contributed by atoms with Gasteiger partial charge in [-0.3, -0.25) is 4.79 Å². The highest BCUT2D eigenvalue weighted by atomic mass is 32.1. The van der Waals surface area contributed by atoms with Crippen molar-refractivity contribution in [3.05, 3.63) is 52.5 Å².